The zero-order valence-electron chi connectivity index (χ0n) is 11.8. The van der Waals surface area contributed by atoms with Gasteiger partial charge < -0.3 is 14.9 Å². The fourth-order valence-electron chi connectivity index (χ4n) is 1.70. The summed E-state index contributed by atoms with van der Waals surface area (Å²) in [5.41, 5.74) is 3.60. The summed E-state index contributed by atoms with van der Waals surface area (Å²) in [7, 11) is 1.58. The first-order valence-electron chi connectivity index (χ1n) is 6.49. The maximum absolute atomic E-state index is 5.57. The highest BCUT2D eigenvalue weighted by atomic mass is 16.5. The van der Waals surface area contributed by atoms with E-state index in [2.05, 4.69) is 15.4 Å². The summed E-state index contributed by atoms with van der Waals surface area (Å²) < 4.78 is 10.6. The van der Waals surface area contributed by atoms with E-state index >= 15 is 0 Å². The molecule has 6 nitrogen and oxygen atoms in total. The molecule has 0 saturated heterocycles. The highest BCUT2D eigenvalue weighted by molar-refractivity contribution is 5.48. The van der Waals surface area contributed by atoms with E-state index in [1.165, 1.54) is 0 Å². The second-order valence-corrected chi connectivity index (χ2v) is 4.21. The van der Waals surface area contributed by atoms with Crippen molar-refractivity contribution < 1.29 is 9.47 Å². The molecule has 21 heavy (non-hydrogen) atoms. The Morgan fingerprint density at radius 2 is 2.05 bits per heavy atom. The smallest absolute Gasteiger partial charge is 0.219 e. The molecule has 0 radical (unpaired) electrons. The van der Waals surface area contributed by atoms with Crippen LogP contribution in [0.4, 0.5) is 5.82 Å². The van der Waals surface area contributed by atoms with Crippen molar-refractivity contribution in [3.63, 3.8) is 0 Å². The van der Waals surface area contributed by atoms with Crippen molar-refractivity contribution in [2.24, 2.45) is 5.84 Å². The molecule has 0 unspecified atom stereocenters. The van der Waals surface area contributed by atoms with Crippen LogP contribution in [0.5, 0.6) is 5.88 Å². The summed E-state index contributed by atoms with van der Waals surface area (Å²) in [6, 6.07) is 11.6. The maximum Gasteiger partial charge on any atom is 0.219 e. The van der Waals surface area contributed by atoms with Gasteiger partial charge in [-0.25, -0.2) is 10.8 Å². The fourth-order valence-corrected chi connectivity index (χ4v) is 1.70. The highest BCUT2D eigenvalue weighted by Crippen LogP contribution is 2.13. The predicted molar refractivity (Wildman–Crippen MR) is 81.5 cm³/mol. The average molecular weight is 286 g/mol. The van der Waals surface area contributed by atoms with Crippen LogP contribution < -0.4 is 16.0 Å². The predicted octanol–water partition coefficient (Wildman–Crippen LogP) is 2.00. The molecule has 0 bridgehead atoms. The lowest BCUT2D eigenvalue weighted by atomic mass is 10.2. The molecule has 110 valence electrons. The zero-order chi connectivity index (χ0) is 14.9. The molecule has 3 N–H and O–H groups in total. The Hall–Kier alpha value is -2.44. The SMILES string of the molecule is COCc1nc(NN)cc(OC/C=C/c2ccccc2)n1. The number of hydrogen-bond donors (Lipinski definition) is 2. The van der Waals surface area contributed by atoms with Gasteiger partial charge in [0.25, 0.3) is 0 Å². The van der Waals surface area contributed by atoms with Crippen LogP contribution in [0, 0.1) is 0 Å². The number of nitrogens with one attached hydrogen (secondary N) is 1. The van der Waals surface area contributed by atoms with E-state index < -0.39 is 0 Å². The molecule has 2 aromatic rings. The number of methoxy groups -OCH3 is 1. The van der Waals surface area contributed by atoms with Gasteiger partial charge in [0.05, 0.1) is 0 Å². The number of aromatic nitrogens is 2. The third-order valence-electron chi connectivity index (χ3n) is 2.61. The number of anilines is 1. The molecule has 1 heterocycles. The largest absolute Gasteiger partial charge is 0.473 e. The number of hydrazine groups is 1. The Kier molecular flexibility index (Phi) is 5.69. The van der Waals surface area contributed by atoms with E-state index in [9.17, 15) is 0 Å². The standard InChI is InChI=1S/C15H18N4O2/c1-20-11-14-17-13(19-16)10-15(18-14)21-9-5-8-12-6-3-2-4-7-12/h2-8,10H,9,11,16H2,1H3,(H,17,18,19)/b8-5+. The minimum absolute atomic E-state index is 0.297. The molecule has 2 rings (SSSR count). The summed E-state index contributed by atoms with van der Waals surface area (Å²) in [4.78, 5) is 8.38. The molecule has 0 aliphatic rings. The second kappa shape index (κ2) is 7.98. The zero-order valence-corrected chi connectivity index (χ0v) is 11.8. The lowest BCUT2D eigenvalue weighted by Crippen LogP contribution is -2.11. The highest BCUT2D eigenvalue weighted by Gasteiger charge is 2.04. The average Bonchev–Trinajstić information content (AvgIpc) is 2.53. The first-order chi connectivity index (χ1) is 10.3. The van der Waals surface area contributed by atoms with E-state index in [1.807, 2.05) is 42.5 Å². The van der Waals surface area contributed by atoms with Gasteiger partial charge >= 0.3 is 0 Å². The van der Waals surface area contributed by atoms with Gasteiger partial charge in [0, 0.05) is 13.2 Å². The van der Waals surface area contributed by atoms with Crippen LogP contribution in [0.2, 0.25) is 0 Å². The summed E-state index contributed by atoms with van der Waals surface area (Å²) >= 11 is 0. The van der Waals surface area contributed by atoms with Crippen molar-refractivity contribution in [1.29, 1.82) is 0 Å². The van der Waals surface area contributed by atoms with Crippen molar-refractivity contribution >= 4 is 11.9 Å². The molecule has 0 saturated carbocycles. The molecule has 0 spiro atoms. The van der Waals surface area contributed by atoms with Gasteiger partial charge in [-0.2, -0.15) is 4.98 Å². The third kappa shape index (κ3) is 4.87. The molecule has 0 amide bonds. The number of nitrogens with zero attached hydrogens (tertiary/aromatic N) is 2. The molecular formula is C15H18N4O2. The molecular weight excluding hydrogens is 268 g/mol. The number of hydrogen-bond acceptors (Lipinski definition) is 6. The van der Waals surface area contributed by atoms with Crippen LogP contribution in [0.3, 0.4) is 0 Å². The summed E-state index contributed by atoms with van der Waals surface area (Å²) in [6.45, 7) is 0.702. The molecule has 0 aliphatic carbocycles. The Morgan fingerprint density at radius 3 is 2.76 bits per heavy atom. The second-order valence-electron chi connectivity index (χ2n) is 4.21. The van der Waals surface area contributed by atoms with Crippen molar-refractivity contribution in [3.8, 4) is 5.88 Å². The summed E-state index contributed by atoms with van der Waals surface area (Å²) in [6.07, 6.45) is 3.91. The third-order valence-corrected chi connectivity index (χ3v) is 2.61. The molecule has 0 aliphatic heterocycles. The summed E-state index contributed by atoms with van der Waals surface area (Å²) in [5, 5.41) is 0. The fraction of sp³-hybridized carbons (Fsp3) is 0.200. The monoisotopic (exact) mass is 286 g/mol. The van der Waals surface area contributed by atoms with Gasteiger partial charge in [-0.3, -0.25) is 0 Å². The normalized spacial score (nSPS) is 10.8. The Bertz CT molecular complexity index is 587. The summed E-state index contributed by atoms with van der Waals surface area (Å²) in [5.74, 6) is 6.81. The van der Waals surface area contributed by atoms with E-state index in [0.29, 0.717) is 30.7 Å². The molecule has 6 heteroatoms. The quantitative estimate of drug-likeness (QED) is 0.598. The first kappa shape index (κ1) is 15.0. The van der Waals surface area contributed by atoms with Crippen LogP contribution in [0.15, 0.2) is 42.5 Å². The number of ether oxygens (including phenoxy) is 2. The van der Waals surface area contributed by atoms with Crippen molar-refractivity contribution in [1.82, 2.24) is 9.97 Å². The first-order valence-corrected chi connectivity index (χ1v) is 6.49. The number of nitrogen functional groups attached to an aromatic ring is 1. The lowest BCUT2D eigenvalue weighted by molar-refractivity contribution is 0.176. The molecule has 0 fully saturated rings. The lowest BCUT2D eigenvalue weighted by Gasteiger charge is -2.07. The van der Waals surface area contributed by atoms with E-state index in [0.717, 1.165) is 5.56 Å². The van der Waals surface area contributed by atoms with Gasteiger partial charge in [-0.15, -0.1) is 0 Å². The van der Waals surface area contributed by atoms with E-state index in [4.69, 9.17) is 15.3 Å². The van der Waals surface area contributed by atoms with Crippen molar-refractivity contribution in [2.75, 3.05) is 19.1 Å². The minimum atomic E-state index is 0.297. The molecule has 0 atom stereocenters. The van der Waals surface area contributed by atoms with Crippen LogP contribution >= 0.6 is 0 Å². The van der Waals surface area contributed by atoms with Gasteiger partial charge in [0.2, 0.25) is 5.88 Å². The van der Waals surface area contributed by atoms with Crippen molar-refractivity contribution in [3.05, 3.63) is 53.9 Å². The number of rotatable bonds is 7. The Labute approximate surface area is 123 Å². The number of nitrogens with two attached hydrogens (primary N) is 1. The van der Waals surface area contributed by atoms with E-state index in [-0.39, 0.29) is 0 Å². The van der Waals surface area contributed by atoms with Crippen LogP contribution in [-0.4, -0.2) is 23.7 Å². The van der Waals surface area contributed by atoms with Crippen LogP contribution in [0.25, 0.3) is 6.08 Å². The molecule has 1 aromatic heterocycles. The van der Waals surface area contributed by atoms with Crippen molar-refractivity contribution in [2.45, 2.75) is 6.61 Å². The Morgan fingerprint density at radius 1 is 1.24 bits per heavy atom. The topological polar surface area (TPSA) is 82.3 Å². The maximum atomic E-state index is 5.57. The Balaban J connectivity index is 1.96. The van der Waals surface area contributed by atoms with Gasteiger partial charge in [0.15, 0.2) is 5.82 Å². The minimum Gasteiger partial charge on any atom is -0.473 e. The van der Waals surface area contributed by atoms with Gasteiger partial charge in [-0.1, -0.05) is 36.4 Å². The van der Waals surface area contributed by atoms with Crippen LogP contribution in [-0.2, 0) is 11.3 Å². The van der Waals surface area contributed by atoms with Gasteiger partial charge in [0.1, 0.15) is 19.0 Å². The molecule has 1 aromatic carbocycles. The van der Waals surface area contributed by atoms with Crippen LogP contribution in [0.1, 0.15) is 11.4 Å². The number of benzene rings is 1. The van der Waals surface area contributed by atoms with Gasteiger partial charge in [-0.05, 0) is 11.6 Å². The van der Waals surface area contributed by atoms with E-state index in [1.54, 1.807) is 13.2 Å².